The first-order chi connectivity index (χ1) is 16.3. The van der Waals surface area contributed by atoms with Crippen molar-refractivity contribution in [2.45, 2.75) is 51.5 Å². The average molecular weight is 508 g/mol. The monoisotopic (exact) mass is 507 g/mol. The molecule has 1 saturated heterocycles. The minimum Gasteiger partial charge on any atom is -0.478 e. The van der Waals surface area contributed by atoms with Crippen LogP contribution in [0.2, 0.25) is 0 Å². The summed E-state index contributed by atoms with van der Waals surface area (Å²) in [6.45, 7) is 6.97. The molecule has 3 heterocycles. The van der Waals surface area contributed by atoms with Crippen molar-refractivity contribution >= 4 is 33.0 Å². The summed E-state index contributed by atoms with van der Waals surface area (Å²) in [4.78, 5) is 31.3. The van der Waals surface area contributed by atoms with Gasteiger partial charge in [0.05, 0.1) is 46.7 Å². The lowest BCUT2D eigenvalue weighted by Crippen LogP contribution is -2.51. The lowest BCUT2D eigenvalue weighted by atomic mass is 9.85. The number of aromatic nitrogens is 1. The number of hydrogen-bond acceptors (Lipinski definition) is 6. The fourth-order valence-corrected chi connectivity index (χ4v) is 6.16. The van der Waals surface area contributed by atoms with E-state index < -0.39 is 44.2 Å². The molecule has 188 valence electrons. The topological polar surface area (TPSA) is 106 Å². The van der Waals surface area contributed by atoms with Crippen LogP contribution in [-0.4, -0.2) is 48.9 Å². The lowest BCUT2D eigenvalue weighted by molar-refractivity contribution is -0.121. The van der Waals surface area contributed by atoms with Crippen molar-refractivity contribution in [1.29, 1.82) is 0 Å². The van der Waals surface area contributed by atoms with Crippen LogP contribution in [-0.2, 0) is 20.0 Å². The third kappa shape index (κ3) is 4.49. The summed E-state index contributed by atoms with van der Waals surface area (Å²) in [6.07, 6.45) is 1.37. The summed E-state index contributed by atoms with van der Waals surface area (Å²) >= 11 is 0. The first-order valence-electron chi connectivity index (χ1n) is 11.3. The maximum atomic E-state index is 15.2. The maximum Gasteiger partial charge on any atom is 0.254 e. The van der Waals surface area contributed by atoms with Gasteiger partial charge in [-0.2, -0.15) is 0 Å². The molecule has 0 atom stereocenters. The summed E-state index contributed by atoms with van der Waals surface area (Å²) < 4.78 is 58.8. The summed E-state index contributed by atoms with van der Waals surface area (Å²) in [5, 5.41) is 2.77. The van der Waals surface area contributed by atoms with Gasteiger partial charge in [-0.15, -0.1) is 0 Å². The molecule has 2 amide bonds. The number of nitrogens with one attached hydrogen (secondary N) is 1. The van der Waals surface area contributed by atoms with Crippen molar-refractivity contribution in [2.24, 2.45) is 0 Å². The van der Waals surface area contributed by atoms with Gasteiger partial charge in [0.2, 0.25) is 11.8 Å². The van der Waals surface area contributed by atoms with E-state index in [2.05, 4.69) is 10.3 Å². The van der Waals surface area contributed by atoms with E-state index >= 15 is 4.39 Å². The molecule has 2 aliphatic rings. The molecule has 2 aromatic rings. The lowest BCUT2D eigenvalue weighted by Gasteiger charge is -2.34. The van der Waals surface area contributed by atoms with Crippen molar-refractivity contribution in [1.82, 2.24) is 10.3 Å². The minimum atomic E-state index is -3.15. The van der Waals surface area contributed by atoms with Crippen LogP contribution in [0, 0.1) is 11.6 Å². The largest absolute Gasteiger partial charge is 0.478 e. The molecule has 0 radical (unpaired) electrons. The van der Waals surface area contributed by atoms with Crippen LogP contribution >= 0.6 is 0 Å². The molecule has 35 heavy (non-hydrogen) atoms. The predicted octanol–water partition coefficient (Wildman–Crippen LogP) is 3.41. The van der Waals surface area contributed by atoms with Crippen molar-refractivity contribution in [3.63, 3.8) is 0 Å². The van der Waals surface area contributed by atoms with Gasteiger partial charge in [-0.1, -0.05) is 0 Å². The van der Waals surface area contributed by atoms with E-state index in [1.807, 2.05) is 0 Å². The number of pyridine rings is 1. The normalized spacial score (nSPS) is 19.8. The van der Waals surface area contributed by atoms with Crippen LogP contribution in [0.5, 0.6) is 5.88 Å². The van der Waals surface area contributed by atoms with E-state index in [9.17, 15) is 22.4 Å². The fourth-order valence-electron chi connectivity index (χ4n) is 4.43. The van der Waals surface area contributed by atoms with Gasteiger partial charge in [0.1, 0.15) is 15.7 Å². The number of fused-ring (bicyclic) bond motifs is 1. The van der Waals surface area contributed by atoms with Crippen LogP contribution in [0.3, 0.4) is 0 Å². The number of carbonyl (C=O) groups is 2. The number of nitrogens with zero attached hydrogens (tertiary/aromatic N) is 2. The Bertz CT molecular complexity index is 1310. The standard InChI is InChI=1S/C24H27F2N3O5S/c1-5-34-20-12-19(17(26)13-27-20)29-18-11-16(25)14(10-15(18)23(2,3)22(29)31)21(30)28-24(4)6-8-35(32,33)9-7-24/h10-13H,5-9H2,1-4H3,(H,28,30). The second-order valence-electron chi connectivity index (χ2n) is 9.69. The molecule has 11 heteroatoms. The van der Waals surface area contributed by atoms with E-state index in [1.165, 1.54) is 12.1 Å². The number of carbonyl (C=O) groups excluding carboxylic acids is 2. The van der Waals surface area contributed by atoms with Crippen LogP contribution in [0.1, 0.15) is 56.5 Å². The Kier molecular flexibility index (Phi) is 6.11. The fraction of sp³-hybridized carbons (Fsp3) is 0.458. The highest BCUT2D eigenvalue weighted by Gasteiger charge is 2.47. The number of sulfone groups is 1. The molecule has 0 bridgehead atoms. The van der Waals surface area contributed by atoms with Gasteiger partial charge in [-0.3, -0.25) is 14.5 Å². The molecule has 0 spiro atoms. The van der Waals surface area contributed by atoms with Gasteiger partial charge in [-0.05, 0) is 58.2 Å². The summed E-state index contributed by atoms with van der Waals surface area (Å²) in [7, 11) is -3.15. The van der Waals surface area contributed by atoms with E-state index in [-0.39, 0.29) is 53.8 Å². The first kappa shape index (κ1) is 25.0. The van der Waals surface area contributed by atoms with E-state index in [4.69, 9.17) is 4.74 Å². The quantitative estimate of drug-likeness (QED) is 0.665. The first-order valence-corrected chi connectivity index (χ1v) is 13.1. The number of halogens is 2. The highest BCUT2D eigenvalue weighted by atomic mass is 32.2. The summed E-state index contributed by atoms with van der Waals surface area (Å²) in [6, 6.07) is 3.63. The molecule has 1 fully saturated rings. The Morgan fingerprint density at radius 1 is 1.11 bits per heavy atom. The van der Waals surface area contributed by atoms with Gasteiger partial charge >= 0.3 is 0 Å². The number of rotatable bonds is 5. The molecule has 0 aliphatic carbocycles. The number of ether oxygens (including phenoxy) is 1. The predicted molar refractivity (Wildman–Crippen MR) is 126 cm³/mol. The van der Waals surface area contributed by atoms with Crippen molar-refractivity contribution in [3.8, 4) is 5.88 Å². The second kappa shape index (κ2) is 8.54. The van der Waals surface area contributed by atoms with Crippen LogP contribution in [0.4, 0.5) is 20.2 Å². The van der Waals surface area contributed by atoms with Crippen molar-refractivity contribution in [3.05, 3.63) is 47.2 Å². The average Bonchev–Trinajstić information content (AvgIpc) is 2.96. The number of anilines is 2. The van der Waals surface area contributed by atoms with Crippen LogP contribution in [0.25, 0.3) is 0 Å². The van der Waals surface area contributed by atoms with Gasteiger partial charge in [0, 0.05) is 11.6 Å². The van der Waals surface area contributed by atoms with Crippen molar-refractivity contribution in [2.75, 3.05) is 23.0 Å². The highest BCUT2D eigenvalue weighted by molar-refractivity contribution is 7.91. The number of benzene rings is 1. The molecule has 0 unspecified atom stereocenters. The Morgan fingerprint density at radius 2 is 1.77 bits per heavy atom. The molecule has 2 aliphatic heterocycles. The summed E-state index contributed by atoms with van der Waals surface area (Å²) in [5.41, 5.74) is -1.90. The van der Waals surface area contributed by atoms with E-state index in [0.29, 0.717) is 5.56 Å². The molecule has 1 aromatic heterocycles. The number of hydrogen-bond donors (Lipinski definition) is 1. The molecule has 4 rings (SSSR count). The smallest absolute Gasteiger partial charge is 0.254 e. The Balaban J connectivity index is 1.72. The zero-order valence-electron chi connectivity index (χ0n) is 19.9. The third-order valence-electron chi connectivity index (χ3n) is 6.67. The van der Waals surface area contributed by atoms with Gasteiger partial charge < -0.3 is 10.1 Å². The van der Waals surface area contributed by atoms with Crippen LogP contribution < -0.4 is 15.0 Å². The molecule has 0 saturated carbocycles. The SMILES string of the molecule is CCOc1cc(N2C(=O)C(C)(C)c3cc(C(=O)NC4(C)CCS(=O)(=O)CC4)c(F)cc32)c(F)cn1. The number of amides is 2. The minimum absolute atomic E-state index is 0.0613. The third-order valence-corrected chi connectivity index (χ3v) is 8.32. The van der Waals surface area contributed by atoms with Crippen molar-refractivity contribution < 1.29 is 31.5 Å². The zero-order chi connectivity index (χ0) is 25.8. The van der Waals surface area contributed by atoms with Gasteiger partial charge in [0.25, 0.3) is 5.91 Å². The van der Waals surface area contributed by atoms with E-state index in [0.717, 1.165) is 17.2 Å². The highest BCUT2D eigenvalue weighted by Crippen LogP contribution is 2.47. The molecular formula is C24H27F2N3O5S. The maximum absolute atomic E-state index is 15.2. The molecular weight excluding hydrogens is 480 g/mol. The molecule has 8 nitrogen and oxygen atoms in total. The Hall–Kier alpha value is -3.08. The second-order valence-corrected chi connectivity index (χ2v) is 12.0. The Labute approximate surface area is 202 Å². The zero-order valence-corrected chi connectivity index (χ0v) is 20.8. The van der Waals surface area contributed by atoms with Gasteiger partial charge in [-0.25, -0.2) is 22.2 Å². The molecule has 1 N–H and O–H groups in total. The molecule has 1 aromatic carbocycles. The van der Waals surface area contributed by atoms with Gasteiger partial charge in [0.15, 0.2) is 5.82 Å². The van der Waals surface area contributed by atoms with E-state index in [1.54, 1.807) is 27.7 Å². The summed E-state index contributed by atoms with van der Waals surface area (Å²) in [5.74, 6) is -2.88. The Morgan fingerprint density at radius 3 is 2.40 bits per heavy atom. The van der Waals surface area contributed by atoms with Crippen LogP contribution in [0.15, 0.2) is 24.4 Å².